The molecule has 0 heterocycles. The van der Waals surface area contributed by atoms with Gasteiger partial charge in [0.1, 0.15) is 0 Å². The fourth-order valence-corrected chi connectivity index (χ4v) is 9.10. The first-order valence-corrected chi connectivity index (χ1v) is 20.3. The van der Waals surface area contributed by atoms with Gasteiger partial charge in [-0.25, -0.2) is 0 Å². The summed E-state index contributed by atoms with van der Waals surface area (Å²) in [7, 11) is 0. The Bertz CT molecular complexity index is 3160. The molecule has 276 valence electrons. The molecule has 0 aliphatic rings. The van der Waals surface area contributed by atoms with E-state index in [0.29, 0.717) is 0 Å². The van der Waals surface area contributed by atoms with Gasteiger partial charge >= 0.3 is 0 Å². The molecule has 0 bridgehead atoms. The lowest BCUT2D eigenvalue weighted by molar-refractivity contribution is 1.28. The Balaban J connectivity index is 1.05. The molecule has 11 aromatic rings. The minimum Gasteiger partial charge on any atom is -0.311 e. The summed E-state index contributed by atoms with van der Waals surface area (Å²) in [4.78, 5) is 2.38. The van der Waals surface area contributed by atoms with Crippen molar-refractivity contribution >= 4 is 60.2 Å². The molecule has 0 aromatic heterocycles. The second-order valence-electron chi connectivity index (χ2n) is 15.2. The maximum atomic E-state index is 2.38. The number of benzene rings is 11. The molecule has 0 atom stereocenters. The first-order chi connectivity index (χ1) is 29.3. The van der Waals surface area contributed by atoms with Crippen LogP contribution in [0.4, 0.5) is 17.1 Å². The molecule has 0 fully saturated rings. The van der Waals surface area contributed by atoms with Crippen molar-refractivity contribution in [1.82, 2.24) is 0 Å². The number of rotatable bonds is 7. The van der Waals surface area contributed by atoms with Crippen LogP contribution in [0.25, 0.3) is 87.6 Å². The highest BCUT2D eigenvalue weighted by atomic mass is 15.1. The summed E-state index contributed by atoms with van der Waals surface area (Å²) in [5.41, 5.74) is 13.1. The SMILES string of the molecule is c1ccc(-c2c(-c3ccc(N(c4ccc(-c5cccc6ccccc56)cc4)c4ccc(-c5cccc6ccccc56)cc4)cc3)c3ccccc3c3ccccc23)cc1. The van der Waals surface area contributed by atoms with Gasteiger partial charge in [-0.3, -0.25) is 0 Å². The van der Waals surface area contributed by atoms with Gasteiger partial charge in [-0.2, -0.15) is 0 Å². The van der Waals surface area contributed by atoms with Crippen molar-refractivity contribution in [3.05, 3.63) is 237 Å². The fourth-order valence-electron chi connectivity index (χ4n) is 9.10. The summed E-state index contributed by atoms with van der Waals surface area (Å²) in [6.45, 7) is 0. The lowest BCUT2D eigenvalue weighted by Gasteiger charge is -2.26. The van der Waals surface area contributed by atoms with Crippen LogP contribution < -0.4 is 4.90 Å². The van der Waals surface area contributed by atoms with Crippen LogP contribution in [-0.2, 0) is 0 Å². The van der Waals surface area contributed by atoms with Crippen LogP contribution in [0.2, 0.25) is 0 Å². The van der Waals surface area contributed by atoms with Gasteiger partial charge in [-0.05, 0) is 124 Å². The number of anilines is 3. The third kappa shape index (κ3) is 6.12. The van der Waals surface area contributed by atoms with Gasteiger partial charge in [0.15, 0.2) is 0 Å². The van der Waals surface area contributed by atoms with Crippen molar-refractivity contribution in [2.75, 3.05) is 4.90 Å². The summed E-state index contributed by atoms with van der Waals surface area (Å²) in [5.74, 6) is 0. The van der Waals surface area contributed by atoms with Crippen LogP contribution in [0.15, 0.2) is 237 Å². The summed E-state index contributed by atoms with van der Waals surface area (Å²) < 4.78 is 0. The van der Waals surface area contributed by atoms with Gasteiger partial charge in [0.2, 0.25) is 0 Å². The van der Waals surface area contributed by atoms with Gasteiger partial charge in [0.05, 0.1) is 0 Å². The molecule has 0 aliphatic heterocycles. The third-order valence-electron chi connectivity index (χ3n) is 11.9. The van der Waals surface area contributed by atoms with Gasteiger partial charge in [0, 0.05) is 17.1 Å². The van der Waals surface area contributed by atoms with Gasteiger partial charge in [-0.15, -0.1) is 0 Å². The lowest BCUT2D eigenvalue weighted by Crippen LogP contribution is -2.09. The summed E-state index contributed by atoms with van der Waals surface area (Å²) in [6.07, 6.45) is 0. The van der Waals surface area contributed by atoms with Gasteiger partial charge in [0.25, 0.3) is 0 Å². The van der Waals surface area contributed by atoms with Crippen molar-refractivity contribution in [1.29, 1.82) is 0 Å². The minimum absolute atomic E-state index is 1.09. The molecule has 0 amide bonds. The third-order valence-corrected chi connectivity index (χ3v) is 11.9. The highest BCUT2D eigenvalue weighted by molar-refractivity contribution is 6.21. The van der Waals surface area contributed by atoms with Crippen LogP contribution >= 0.6 is 0 Å². The second-order valence-corrected chi connectivity index (χ2v) is 15.2. The molecule has 11 aromatic carbocycles. The minimum atomic E-state index is 1.09. The molecule has 1 heteroatoms. The molecule has 11 rings (SSSR count). The van der Waals surface area contributed by atoms with Gasteiger partial charge in [-0.1, -0.05) is 200 Å². The second kappa shape index (κ2) is 14.6. The zero-order chi connectivity index (χ0) is 39.1. The van der Waals surface area contributed by atoms with E-state index in [-0.39, 0.29) is 0 Å². The van der Waals surface area contributed by atoms with Crippen LogP contribution in [0.1, 0.15) is 0 Å². The standard InChI is InChI=1S/C58H39N/c1-2-16-44(17-3-1)57-55-24-10-8-22-53(55)54-23-9-11-25-56(54)58(57)45-32-38-48(39-33-45)59(46-34-28-42(29-35-46)51-26-12-18-40-14-4-6-20-49(40)51)47-36-30-43(31-37-47)52-27-13-19-41-15-5-7-21-50(41)52/h1-39H. The zero-order valence-corrected chi connectivity index (χ0v) is 32.5. The lowest BCUT2D eigenvalue weighted by atomic mass is 9.85. The number of hydrogen-bond donors (Lipinski definition) is 0. The molecular formula is C58H39N. The van der Waals surface area contributed by atoms with E-state index in [1.54, 1.807) is 0 Å². The highest BCUT2D eigenvalue weighted by Gasteiger charge is 2.19. The Labute approximate surface area is 344 Å². The molecule has 0 N–H and O–H groups in total. The van der Waals surface area contributed by atoms with Crippen LogP contribution in [-0.4, -0.2) is 0 Å². The van der Waals surface area contributed by atoms with Crippen molar-refractivity contribution in [2.24, 2.45) is 0 Å². The van der Waals surface area contributed by atoms with Crippen molar-refractivity contribution in [2.45, 2.75) is 0 Å². The average Bonchev–Trinajstić information content (AvgIpc) is 3.32. The first-order valence-electron chi connectivity index (χ1n) is 20.3. The van der Waals surface area contributed by atoms with E-state index < -0.39 is 0 Å². The molecule has 0 saturated carbocycles. The maximum absolute atomic E-state index is 2.38. The summed E-state index contributed by atoms with van der Waals surface area (Å²) >= 11 is 0. The van der Waals surface area contributed by atoms with Crippen molar-refractivity contribution in [3.8, 4) is 44.5 Å². The Morgan fingerprint density at radius 3 is 0.966 bits per heavy atom. The van der Waals surface area contributed by atoms with E-state index in [9.17, 15) is 0 Å². The molecule has 0 radical (unpaired) electrons. The maximum Gasteiger partial charge on any atom is 0.0462 e. The normalized spacial score (nSPS) is 11.4. The predicted molar refractivity (Wildman–Crippen MR) is 253 cm³/mol. The Morgan fingerprint density at radius 1 is 0.203 bits per heavy atom. The quantitative estimate of drug-likeness (QED) is 0.147. The number of hydrogen-bond acceptors (Lipinski definition) is 1. The molecule has 1 nitrogen and oxygen atoms in total. The molecule has 0 saturated heterocycles. The highest BCUT2D eigenvalue weighted by Crippen LogP contribution is 2.46. The molecule has 0 aliphatic carbocycles. The Kier molecular flexibility index (Phi) is 8.56. The van der Waals surface area contributed by atoms with E-state index in [1.165, 1.54) is 87.6 Å². The van der Waals surface area contributed by atoms with Crippen LogP contribution in [0.3, 0.4) is 0 Å². The Morgan fingerprint density at radius 2 is 0.525 bits per heavy atom. The molecule has 59 heavy (non-hydrogen) atoms. The number of nitrogens with zero attached hydrogens (tertiary/aromatic N) is 1. The summed E-state index contributed by atoms with van der Waals surface area (Å²) in [6, 6.07) is 86.2. The largest absolute Gasteiger partial charge is 0.311 e. The zero-order valence-electron chi connectivity index (χ0n) is 32.5. The first kappa shape index (κ1) is 34.5. The van der Waals surface area contributed by atoms with E-state index in [1.807, 2.05) is 0 Å². The van der Waals surface area contributed by atoms with Crippen molar-refractivity contribution < 1.29 is 0 Å². The fraction of sp³-hybridized carbons (Fsp3) is 0. The Hall–Kier alpha value is -7.74. The van der Waals surface area contributed by atoms with Gasteiger partial charge < -0.3 is 4.90 Å². The van der Waals surface area contributed by atoms with E-state index in [4.69, 9.17) is 0 Å². The van der Waals surface area contributed by atoms with E-state index >= 15 is 0 Å². The monoisotopic (exact) mass is 749 g/mol. The van der Waals surface area contributed by atoms with Crippen LogP contribution in [0, 0.1) is 0 Å². The summed E-state index contributed by atoms with van der Waals surface area (Å²) in [5, 5.41) is 10.1. The molecule has 0 spiro atoms. The number of fused-ring (bicyclic) bond motifs is 5. The van der Waals surface area contributed by atoms with E-state index in [0.717, 1.165) is 17.1 Å². The smallest absolute Gasteiger partial charge is 0.0462 e. The predicted octanol–water partition coefficient (Wildman–Crippen LogP) is 16.4. The van der Waals surface area contributed by atoms with Crippen molar-refractivity contribution in [3.63, 3.8) is 0 Å². The topological polar surface area (TPSA) is 3.24 Å². The molecule has 0 unspecified atom stereocenters. The van der Waals surface area contributed by atoms with Crippen LogP contribution in [0.5, 0.6) is 0 Å². The van der Waals surface area contributed by atoms with E-state index in [2.05, 4.69) is 241 Å². The average molecular weight is 750 g/mol. The molecular weight excluding hydrogens is 711 g/mol.